The average molecular weight is 433 g/mol. The van der Waals surface area contributed by atoms with Crippen LogP contribution in [0, 0.1) is 0 Å². The van der Waals surface area contributed by atoms with Crippen molar-refractivity contribution in [1.82, 2.24) is 20.5 Å². The third-order valence-corrected chi connectivity index (χ3v) is 5.37. The molecule has 1 fully saturated rings. The molecule has 10 heteroatoms. The number of rotatable bonds is 8. The third-order valence-electron chi connectivity index (χ3n) is 5.37. The zero-order valence-corrected chi connectivity index (χ0v) is 17.9. The van der Waals surface area contributed by atoms with Crippen LogP contribution in [-0.2, 0) is 16.0 Å². The summed E-state index contributed by atoms with van der Waals surface area (Å²) >= 11 is 0. The van der Waals surface area contributed by atoms with Gasteiger partial charge in [0.2, 0.25) is 11.8 Å². The fraction of sp³-hybridized carbons (Fsp3) is 0.524. The molecule has 2 aromatic rings. The minimum atomic E-state index is -1.15. The summed E-state index contributed by atoms with van der Waals surface area (Å²) in [5.41, 5.74) is 1.66. The molecule has 1 aliphatic rings. The Balaban J connectivity index is 1.48. The normalized spacial score (nSPS) is 20.0. The number of H-pyrrole nitrogens is 1. The van der Waals surface area contributed by atoms with E-state index in [4.69, 9.17) is 9.47 Å². The molecule has 0 aromatic carbocycles. The molecule has 2 aromatic heterocycles. The Labute approximate surface area is 180 Å². The molecule has 4 atom stereocenters. The summed E-state index contributed by atoms with van der Waals surface area (Å²) < 4.78 is 23.7. The first-order valence-corrected chi connectivity index (χ1v) is 10.3. The van der Waals surface area contributed by atoms with E-state index in [1.54, 1.807) is 31.3 Å². The molecule has 0 bridgehead atoms. The van der Waals surface area contributed by atoms with Crippen LogP contribution >= 0.6 is 0 Å². The van der Waals surface area contributed by atoms with E-state index in [0.29, 0.717) is 24.5 Å². The summed E-state index contributed by atoms with van der Waals surface area (Å²) in [5.74, 6) is 0.825. The van der Waals surface area contributed by atoms with Crippen molar-refractivity contribution >= 4 is 17.8 Å². The van der Waals surface area contributed by atoms with E-state index in [2.05, 4.69) is 25.8 Å². The number of nitrogens with zero attached hydrogens (tertiary/aromatic N) is 2. The van der Waals surface area contributed by atoms with Crippen molar-refractivity contribution in [2.45, 2.75) is 63.8 Å². The standard InChI is InChI=1S/C21H28FN5O4/c1-12(22)13(2)24-21(29)31-16-5-4-15(10-16)17-11-18(27-26-17)25-19(28)8-14-6-7-23-20(9-14)30-3/h6-7,9,11-13,15-16H,4-5,8,10H2,1-3H3,(H,24,29)(H2,25,26,27,28)/t12-,13+,15+,16-/m1/s1. The first-order chi connectivity index (χ1) is 14.8. The molecule has 0 unspecified atom stereocenters. The molecule has 0 spiro atoms. The second kappa shape index (κ2) is 10.2. The molecular weight excluding hydrogens is 405 g/mol. The second-order valence-electron chi connectivity index (χ2n) is 7.79. The summed E-state index contributed by atoms with van der Waals surface area (Å²) in [6, 6.07) is 4.66. The van der Waals surface area contributed by atoms with Crippen molar-refractivity contribution in [3.05, 3.63) is 35.7 Å². The molecule has 31 heavy (non-hydrogen) atoms. The van der Waals surface area contributed by atoms with E-state index in [0.717, 1.165) is 17.7 Å². The molecule has 168 valence electrons. The number of hydrogen-bond acceptors (Lipinski definition) is 6. The van der Waals surface area contributed by atoms with Crippen molar-refractivity contribution in [2.24, 2.45) is 0 Å². The van der Waals surface area contributed by atoms with Gasteiger partial charge in [-0.15, -0.1) is 0 Å². The molecule has 3 N–H and O–H groups in total. The summed E-state index contributed by atoms with van der Waals surface area (Å²) in [7, 11) is 1.52. The van der Waals surface area contributed by atoms with Gasteiger partial charge in [0.15, 0.2) is 5.82 Å². The number of amides is 2. The fourth-order valence-electron chi connectivity index (χ4n) is 3.47. The minimum absolute atomic E-state index is 0.137. The predicted octanol–water partition coefficient (Wildman–Crippen LogP) is 3.10. The molecule has 0 aliphatic heterocycles. The van der Waals surface area contributed by atoms with Crippen LogP contribution in [0.15, 0.2) is 24.4 Å². The maximum atomic E-state index is 13.2. The highest BCUT2D eigenvalue weighted by molar-refractivity contribution is 5.91. The molecule has 9 nitrogen and oxygen atoms in total. The van der Waals surface area contributed by atoms with Crippen molar-refractivity contribution in [1.29, 1.82) is 0 Å². The quantitative estimate of drug-likeness (QED) is 0.589. The van der Waals surface area contributed by atoms with Crippen LogP contribution in [0.5, 0.6) is 5.88 Å². The van der Waals surface area contributed by atoms with E-state index in [9.17, 15) is 14.0 Å². The van der Waals surface area contributed by atoms with Gasteiger partial charge in [0.05, 0.1) is 19.6 Å². The van der Waals surface area contributed by atoms with Crippen molar-refractivity contribution in [2.75, 3.05) is 12.4 Å². The third kappa shape index (κ3) is 6.40. The van der Waals surface area contributed by atoms with Crippen LogP contribution in [0.3, 0.4) is 0 Å². The maximum Gasteiger partial charge on any atom is 0.407 e. The van der Waals surface area contributed by atoms with Crippen LogP contribution in [0.25, 0.3) is 0 Å². The van der Waals surface area contributed by atoms with E-state index >= 15 is 0 Å². The number of carbonyl (C=O) groups excluding carboxylic acids is 2. The highest BCUT2D eigenvalue weighted by Gasteiger charge is 2.30. The van der Waals surface area contributed by atoms with E-state index in [-0.39, 0.29) is 24.3 Å². The van der Waals surface area contributed by atoms with Gasteiger partial charge in [0.25, 0.3) is 0 Å². The van der Waals surface area contributed by atoms with E-state index in [1.807, 2.05) is 0 Å². The van der Waals surface area contributed by atoms with Gasteiger partial charge in [-0.2, -0.15) is 5.10 Å². The number of anilines is 1. The molecule has 2 amide bonds. The number of alkyl halides is 1. The van der Waals surface area contributed by atoms with E-state index < -0.39 is 18.3 Å². The second-order valence-corrected chi connectivity index (χ2v) is 7.79. The van der Waals surface area contributed by atoms with Crippen LogP contribution in [-0.4, -0.2) is 52.6 Å². The van der Waals surface area contributed by atoms with Gasteiger partial charge in [-0.05, 0) is 44.7 Å². The van der Waals surface area contributed by atoms with Gasteiger partial charge < -0.3 is 20.1 Å². The molecule has 3 rings (SSSR count). The summed E-state index contributed by atoms with van der Waals surface area (Å²) in [4.78, 5) is 28.2. The maximum absolute atomic E-state index is 13.2. The lowest BCUT2D eigenvalue weighted by Gasteiger charge is -2.17. The summed E-state index contributed by atoms with van der Waals surface area (Å²) in [5, 5.41) is 12.4. The number of aromatic nitrogens is 3. The number of nitrogens with one attached hydrogen (secondary N) is 3. The zero-order valence-electron chi connectivity index (χ0n) is 17.9. The Morgan fingerprint density at radius 3 is 2.87 bits per heavy atom. The minimum Gasteiger partial charge on any atom is -0.481 e. The Kier molecular flexibility index (Phi) is 7.43. The molecule has 1 aliphatic carbocycles. The number of hydrogen-bond donors (Lipinski definition) is 3. The van der Waals surface area contributed by atoms with Crippen LogP contribution in [0.2, 0.25) is 0 Å². The highest BCUT2D eigenvalue weighted by atomic mass is 19.1. The number of alkyl carbamates (subject to hydrolysis) is 1. The molecule has 0 radical (unpaired) electrons. The lowest BCUT2D eigenvalue weighted by Crippen LogP contribution is -2.39. The largest absolute Gasteiger partial charge is 0.481 e. The molecule has 0 saturated heterocycles. The summed E-state index contributed by atoms with van der Waals surface area (Å²) in [6.07, 6.45) is 1.93. The SMILES string of the molecule is COc1cc(CC(=O)Nc2cc([C@H]3CC[C@@H](OC(=O)N[C@@H](C)[C@@H](C)F)C3)[nH]n2)ccn1. The number of ether oxygens (including phenoxy) is 2. The van der Waals surface area contributed by atoms with Gasteiger partial charge in [-0.3, -0.25) is 9.89 Å². The Morgan fingerprint density at radius 2 is 2.13 bits per heavy atom. The van der Waals surface area contributed by atoms with Gasteiger partial charge in [0, 0.05) is 29.9 Å². The zero-order chi connectivity index (χ0) is 22.4. The van der Waals surface area contributed by atoms with E-state index in [1.165, 1.54) is 14.0 Å². The smallest absolute Gasteiger partial charge is 0.407 e. The van der Waals surface area contributed by atoms with Gasteiger partial charge in [-0.1, -0.05) is 0 Å². The summed E-state index contributed by atoms with van der Waals surface area (Å²) in [6.45, 7) is 2.98. The fourth-order valence-corrected chi connectivity index (χ4v) is 3.47. The molecule has 2 heterocycles. The molecule has 1 saturated carbocycles. The van der Waals surface area contributed by atoms with Crippen molar-refractivity contribution in [3.8, 4) is 5.88 Å². The van der Waals surface area contributed by atoms with Crippen molar-refractivity contribution < 1.29 is 23.5 Å². The van der Waals surface area contributed by atoms with Crippen LogP contribution in [0.1, 0.15) is 50.3 Å². The first-order valence-electron chi connectivity index (χ1n) is 10.3. The van der Waals surface area contributed by atoms with Crippen LogP contribution in [0.4, 0.5) is 15.0 Å². The number of halogens is 1. The van der Waals surface area contributed by atoms with Gasteiger partial charge in [-0.25, -0.2) is 14.2 Å². The average Bonchev–Trinajstić information content (AvgIpc) is 3.37. The van der Waals surface area contributed by atoms with Gasteiger partial charge in [0.1, 0.15) is 12.3 Å². The Morgan fingerprint density at radius 1 is 1.32 bits per heavy atom. The van der Waals surface area contributed by atoms with Gasteiger partial charge >= 0.3 is 6.09 Å². The Hall–Kier alpha value is -3.17. The Bertz CT molecular complexity index is 903. The lowest BCUT2D eigenvalue weighted by molar-refractivity contribution is -0.115. The van der Waals surface area contributed by atoms with Crippen molar-refractivity contribution in [3.63, 3.8) is 0 Å². The number of pyridine rings is 1. The number of aromatic amines is 1. The number of methoxy groups -OCH3 is 1. The highest BCUT2D eigenvalue weighted by Crippen LogP contribution is 2.35. The number of carbonyl (C=O) groups is 2. The molecular formula is C21H28FN5O4. The monoisotopic (exact) mass is 433 g/mol. The van der Waals surface area contributed by atoms with Crippen LogP contribution < -0.4 is 15.4 Å². The lowest BCUT2D eigenvalue weighted by atomic mass is 10.0. The first kappa shape index (κ1) is 22.5. The predicted molar refractivity (Wildman–Crippen MR) is 112 cm³/mol. The topological polar surface area (TPSA) is 118 Å².